The Morgan fingerprint density at radius 3 is 2.45 bits per heavy atom. The molecule has 1 amide bonds. The lowest BCUT2D eigenvalue weighted by molar-refractivity contribution is -0.137. The molecule has 0 aliphatic heterocycles. The largest absolute Gasteiger partial charge is 0.436 e. The fourth-order valence-corrected chi connectivity index (χ4v) is 3.39. The molecule has 0 aliphatic carbocycles. The minimum atomic E-state index is -4.63. The first kappa shape index (κ1) is 20.4. The highest BCUT2D eigenvalue weighted by Gasteiger charge is 2.34. The van der Waals surface area contributed by atoms with Crippen molar-refractivity contribution in [1.29, 1.82) is 0 Å². The number of hydrogen-bond acceptors (Lipinski definition) is 5. The van der Waals surface area contributed by atoms with Gasteiger partial charge in [0.1, 0.15) is 12.1 Å². The maximum Gasteiger partial charge on any atom is 0.417 e. The van der Waals surface area contributed by atoms with E-state index in [0.29, 0.717) is 22.6 Å². The van der Waals surface area contributed by atoms with Crippen LogP contribution in [0.15, 0.2) is 79.1 Å². The summed E-state index contributed by atoms with van der Waals surface area (Å²) in [4.78, 5) is 16.9. The summed E-state index contributed by atoms with van der Waals surface area (Å²) in [6.07, 6.45) is -3.07. The van der Waals surface area contributed by atoms with E-state index in [1.165, 1.54) is 24.3 Å². The van der Waals surface area contributed by atoms with Crippen LogP contribution in [0.3, 0.4) is 0 Å². The molecule has 0 radical (unpaired) electrons. The van der Waals surface area contributed by atoms with E-state index in [1.54, 1.807) is 22.9 Å². The summed E-state index contributed by atoms with van der Waals surface area (Å²) in [5.41, 5.74) is 0.786. The van der Waals surface area contributed by atoms with Gasteiger partial charge in [0, 0.05) is 5.69 Å². The molecule has 0 saturated heterocycles. The third kappa shape index (κ3) is 3.93. The van der Waals surface area contributed by atoms with Crippen molar-refractivity contribution in [3.8, 4) is 11.6 Å². The second kappa shape index (κ2) is 7.90. The highest BCUT2D eigenvalue weighted by Crippen LogP contribution is 2.32. The van der Waals surface area contributed by atoms with Gasteiger partial charge in [-0.1, -0.05) is 24.3 Å². The van der Waals surface area contributed by atoms with Crippen LogP contribution in [0.25, 0.3) is 16.7 Å². The molecule has 1 N–H and O–H groups in total. The quantitative estimate of drug-likeness (QED) is 0.401. The molecule has 0 saturated carbocycles. The van der Waals surface area contributed by atoms with Crippen LogP contribution < -0.4 is 10.1 Å². The average Bonchev–Trinajstić information content (AvgIpc) is 3.31. The van der Waals surface area contributed by atoms with Gasteiger partial charge in [-0.15, -0.1) is 10.2 Å². The van der Waals surface area contributed by atoms with Crippen molar-refractivity contribution in [1.82, 2.24) is 19.6 Å². The number of alkyl halides is 3. The summed E-state index contributed by atoms with van der Waals surface area (Å²) >= 11 is 0. The molecule has 3 aromatic carbocycles. The number of carbonyl (C=O) groups excluding carboxylic acids is 1. The van der Waals surface area contributed by atoms with Crippen molar-refractivity contribution in [2.24, 2.45) is 0 Å². The van der Waals surface area contributed by atoms with E-state index in [1.807, 2.05) is 24.3 Å². The first-order valence-electron chi connectivity index (χ1n) is 9.74. The topological polar surface area (TPSA) is 81.4 Å². The van der Waals surface area contributed by atoms with E-state index < -0.39 is 23.2 Å². The average molecular weight is 449 g/mol. The summed E-state index contributed by atoms with van der Waals surface area (Å²) in [5.74, 6) is -0.226. The van der Waals surface area contributed by atoms with Crippen LogP contribution in [0, 0.1) is 0 Å². The summed E-state index contributed by atoms with van der Waals surface area (Å²) < 4.78 is 47.2. The number of para-hydroxylation sites is 2. The van der Waals surface area contributed by atoms with Gasteiger partial charge < -0.3 is 10.1 Å². The van der Waals surface area contributed by atoms with Crippen LogP contribution in [0.1, 0.15) is 15.9 Å². The molecule has 0 bridgehead atoms. The minimum absolute atomic E-state index is 0.238. The van der Waals surface area contributed by atoms with Crippen molar-refractivity contribution in [3.63, 3.8) is 0 Å². The molecule has 33 heavy (non-hydrogen) atoms. The lowest BCUT2D eigenvalue weighted by atomic mass is 10.1. The van der Waals surface area contributed by atoms with E-state index in [4.69, 9.17) is 4.74 Å². The maximum absolute atomic E-state index is 13.2. The Kier molecular flexibility index (Phi) is 4.89. The zero-order chi connectivity index (χ0) is 23.0. The Balaban J connectivity index is 1.38. The molecule has 2 heterocycles. The van der Waals surface area contributed by atoms with Gasteiger partial charge in [0.05, 0.1) is 22.2 Å². The minimum Gasteiger partial charge on any atom is -0.436 e. The Labute approximate surface area is 184 Å². The van der Waals surface area contributed by atoms with Crippen molar-refractivity contribution in [2.75, 3.05) is 5.32 Å². The number of carbonyl (C=O) groups is 1. The Bertz CT molecular complexity index is 1480. The second-order valence-corrected chi connectivity index (χ2v) is 7.05. The van der Waals surface area contributed by atoms with Gasteiger partial charge in [0.2, 0.25) is 5.65 Å². The number of amides is 1. The molecule has 0 atom stereocenters. The van der Waals surface area contributed by atoms with Gasteiger partial charge >= 0.3 is 6.18 Å². The lowest BCUT2D eigenvalue weighted by Gasteiger charge is -2.13. The first-order valence-corrected chi connectivity index (χ1v) is 9.74. The molecule has 0 fully saturated rings. The number of aromatic nitrogens is 4. The number of hydrogen-bond donors (Lipinski definition) is 1. The number of rotatable bonds is 4. The van der Waals surface area contributed by atoms with Crippen molar-refractivity contribution < 1.29 is 22.7 Å². The molecular formula is C23H14F3N5O2. The fourth-order valence-electron chi connectivity index (χ4n) is 3.39. The van der Waals surface area contributed by atoms with Crippen LogP contribution in [0.4, 0.5) is 18.9 Å². The van der Waals surface area contributed by atoms with Crippen LogP contribution in [0.5, 0.6) is 11.6 Å². The van der Waals surface area contributed by atoms with Gasteiger partial charge in [-0.2, -0.15) is 13.2 Å². The van der Waals surface area contributed by atoms with Crippen LogP contribution in [0.2, 0.25) is 0 Å². The van der Waals surface area contributed by atoms with Gasteiger partial charge in [-0.3, -0.25) is 9.20 Å². The van der Waals surface area contributed by atoms with E-state index in [0.717, 1.165) is 17.6 Å². The molecular weight excluding hydrogens is 435 g/mol. The molecule has 10 heteroatoms. The zero-order valence-electron chi connectivity index (χ0n) is 16.7. The smallest absolute Gasteiger partial charge is 0.417 e. The van der Waals surface area contributed by atoms with Crippen LogP contribution >= 0.6 is 0 Å². The normalized spacial score (nSPS) is 11.6. The molecule has 164 valence electrons. The summed E-state index contributed by atoms with van der Waals surface area (Å²) in [6, 6.07) is 18.2. The molecule has 2 aromatic heterocycles. The lowest BCUT2D eigenvalue weighted by Crippen LogP contribution is -2.18. The van der Waals surface area contributed by atoms with E-state index in [-0.39, 0.29) is 5.88 Å². The highest BCUT2D eigenvalue weighted by atomic mass is 19.4. The SMILES string of the molecule is O=C(Nc1ccc(Oc2nc3ccccc3n3cnnc23)cc1)c1ccccc1C(F)(F)F. The maximum atomic E-state index is 13.2. The fraction of sp³-hybridized carbons (Fsp3) is 0.0435. The Morgan fingerprint density at radius 2 is 1.67 bits per heavy atom. The molecule has 0 unspecified atom stereocenters. The number of ether oxygens (including phenoxy) is 1. The molecule has 0 aliphatic rings. The molecule has 0 spiro atoms. The summed E-state index contributed by atoms with van der Waals surface area (Å²) in [7, 11) is 0. The van der Waals surface area contributed by atoms with E-state index >= 15 is 0 Å². The van der Waals surface area contributed by atoms with Crippen LogP contribution in [-0.2, 0) is 6.18 Å². The third-order valence-electron chi connectivity index (χ3n) is 4.91. The number of fused-ring (bicyclic) bond motifs is 3. The zero-order valence-corrected chi connectivity index (χ0v) is 16.7. The first-order chi connectivity index (χ1) is 15.9. The summed E-state index contributed by atoms with van der Waals surface area (Å²) in [5, 5.41) is 10.5. The number of benzene rings is 3. The third-order valence-corrected chi connectivity index (χ3v) is 4.91. The van der Waals surface area contributed by atoms with Gasteiger partial charge in [-0.25, -0.2) is 4.98 Å². The van der Waals surface area contributed by atoms with Crippen LogP contribution in [-0.4, -0.2) is 25.5 Å². The molecule has 7 nitrogen and oxygen atoms in total. The Hall–Kier alpha value is -4.47. The van der Waals surface area contributed by atoms with E-state index in [9.17, 15) is 18.0 Å². The van der Waals surface area contributed by atoms with Crippen molar-refractivity contribution in [2.45, 2.75) is 6.18 Å². The van der Waals surface area contributed by atoms with Crippen molar-refractivity contribution >= 4 is 28.3 Å². The number of nitrogens with zero attached hydrogens (tertiary/aromatic N) is 4. The monoisotopic (exact) mass is 449 g/mol. The van der Waals surface area contributed by atoms with E-state index in [2.05, 4.69) is 20.5 Å². The highest BCUT2D eigenvalue weighted by molar-refractivity contribution is 6.05. The Morgan fingerprint density at radius 1 is 0.939 bits per heavy atom. The second-order valence-electron chi connectivity index (χ2n) is 7.05. The predicted octanol–water partition coefficient (Wildman–Crippen LogP) is 5.34. The standard InChI is InChI=1S/C23H14F3N5O2/c24-23(25,26)17-6-2-1-5-16(17)21(32)28-14-9-11-15(12-10-14)33-22-20-30-27-13-31(20)19-8-4-3-7-18(19)29-22/h1-13H,(H,28,32). The van der Waals surface area contributed by atoms with Gasteiger partial charge in [0.15, 0.2) is 0 Å². The molecule has 5 rings (SSSR count). The number of anilines is 1. The van der Waals surface area contributed by atoms with Gasteiger partial charge in [0.25, 0.3) is 11.8 Å². The number of nitrogens with one attached hydrogen (secondary N) is 1. The predicted molar refractivity (Wildman–Crippen MR) is 114 cm³/mol. The summed E-state index contributed by atoms with van der Waals surface area (Å²) in [6.45, 7) is 0. The van der Waals surface area contributed by atoms with Gasteiger partial charge in [-0.05, 0) is 48.5 Å². The molecule has 5 aromatic rings. The number of halogens is 3. The van der Waals surface area contributed by atoms with Crippen molar-refractivity contribution in [3.05, 3.63) is 90.3 Å².